The fourth-order valence-electron chi connectivity index (χ4n) is 3.78. The van der Waals surface area contributed by atoms with Gasteiger partial charge in [-0.25, -0.2) is 14.2 Å². The number of benzene rings is 2. The smallest absolute Gasteiger partial charge is 0.324 e. The minimum atomic E-state index is -0.281. The Bertz CT molecular complexity index is 1170. The van der Waals surface area contributed by atoms with Gasteiger partial charge >= 0.3 is 6.03 Å². The normalized spacial score (nSPS) is 16.3. The highest BCUT2D eigenvalue weighted by atomic mass is 32.1. The molecular formula is C21H19FN6OS. The molecule has 0 aliphatic carbocycles. The van der Waals surface area contributed by atoms with Crippen molar-refractivity contribution in [2.75, 3.05) is 11.9 Å². The molecule has 2 N–H and O–H groups in total. The van der Waals surface area contributed by atoms with Crippen LogP contribution in [0.3, 0.4) is 0 Å². The van der Waals surface area contributed by atoms with Crippen LogP contribution in [0.5, 0.6) is 0 Å². The average Bonchev–Trinajstić information content (AvgIpc) is 3.47. The monoisotopic (exact) mass is 422 g/mol. The topological polar surface area (TPSA) is 86.8 Å². The first-order valence-electron chi connectivity index (χ1n) is 9.75. The van der Waals surface area contributed by atoms with Gasteiger partial charge in [0.2, 0.25) is 5.13 Å². The van der Waals surface area contributed by atoms with Crippen molar-refractivity contribution in [3.05, 3.63) is 70.7 Å². The van der Waals surface area contributed by atoms with Crippen LogP contribution in [-0.4, -0.2) is 37.6 Å². The maximum absolute atomic E-state index is 13.4. The van der Waals surface area contributed by atoms with Crippen molar-refractivity contribution < 1.29 is 9.18 Å². The molecule has 2 amide bonds. The van der Waals surface area contributed by atoms with Gasteiger partial charge in [-0.2, -0.15) is 0 Å². The van der Waals surface area contributed by atoms with E-state index in [-0.39, 0.29) is 17.9 Å². The Balaban J connectivity index is 1.28. The molecule has 1 aliphatic heterocycles. The standard InChI is InChI=1S/C21H19FN6OS/c22-14-6-3-5-13(11-14)12-18-26-27-20(30-18)25-21(29)28-10-4-9-17(28)19-23-15-7-1-2-8-16(15)24-19/h1-3,5-8,11,17H,4,9-10,12H2,(H,23,24)(H,25,27,29). The third-order valence-electron chi connectivity index (χ3n) is 5.16. The Labute approximate surface area is 176 Å². The lowest BCUT2D eigenvalue weighted by atomic mass is 10.1. The predicted octanol–water partition coefficient (Wildman–Crippen LogP) is 4.51. The van der Waals surface area contributed by atoms with Gasteiger partial charge in [0.15, 0.2) is 0 Å². The van der Waals surface area contributed by atoms with E-state index < -0.39 is 0 Å². The van der Waals surface area contributed by atoms with E-state index in [2.05, 4.69) is 25.5 Å². The van der Waals surface area contributed by atoms with Crippen molar-refractivity contribution >= 4 is 33.5 Å². The van der Waals surface area contributed by atoms with Crippen molar-refractivity contribution in [2.45, 2.75) is 25.3 Å². The molecule has 0 radical (unpaired) electrons. The highest BCUT2D eigenvalue weighted by Gasteiger charge is 2.32. The van der Waals surface area contributed by atoms with Crippen LogP contribution in [0.15, 0.2) is 48.5 Å². The molecule has 152 valence electrons. The van der Waals surface area contributed by atoms with E-state index in [4.69, 9.17) is 0 Å². The van der Waals surface area contributed by atoms with Crippen LogP contribution < -0.4 is 5.32 Å². The van der Waals surface area contributed by atoms with Crippen LogP contribution in [0.2, 0.25) is 0 Å². The van der Waals surface area contributed by atoms with E-state index in [1.54, 1.807) is 11.0 Å². The number of aromatic amines is 1. The van der Waals surface area contributed by atoms with Gasteiger partial charge in [-0.3, -0.25) is 5.32 Å². The molecule has 2 aromatic carbocycles. The van der Waals surface area contributed by atoms with Crippen molar-refractivity contribution in [3.8, 4) is 0 Å². The molecule has 2 aromatic heterocycles. The van der Waals surface area contributed by atoms with Gasteiger partial charge in [-0.15, -0.1) is 10.2 Å². The largest absolute Gasteiger partial charge is 0.340 e. The number of nitrogens with one attached hydrogen (secondary N) is 2. The zero-order valence-electron chi connectivity index (χ0n) is 16.0. The first-order valence-corrected chi connectivity index (χ1v) is 10.6. The summed E-state index contributed by atoms with van der Waals surface area (Å²) >= 11 is 1.29. The second-order valence-corrected chi connectivity index (χ2v) is 8.29. The van der Waals surface area contributed by atoms with Gasteiger partial charge in [0.1, 0.15) is 16.6 Å². The zero-order valence-corrected chi connectivity index (χ0v) is 16.8. The van der Waals surface area contributed by atoms with Gasteiger partial charge in [0.25, 0.3) is 0 Å². The maximum atomic E-state index is 13.4. The summed E-state index contributed by atoms with van der Waals surface area (Å²) in [4.78, 5) is 22.7. The predicted molar refractivity (Wildman–Crippen MR) is 113 cm³/mol. The molecule has 4 aromatic rings. The van der Waals surface area contributed by atoms with Crippen LogP contribution >= 0.6 is 11.3 Å². The highest BCUT2D eigenvalue weighted by Crippen LogP contribution is 2.32. The van der Waals surface area contributed by atoms with Crippen LogP contribution in [0, 0.1) is 5.82 Å². The van der Waals surface area contributed by atoms with E-state index in [1.165, 1.54) is 23.5 Å². The SMILES string of the molecule is O=C(Nc1nnc(Cc2cccc(F)c2)s1)N1CCCC1c1nc2ccccc2[nH]1. The molecule has 30 heavy (non-hydrogen) atoms. The molecule has 1 atom stereocenters. The van der Waals surface area contributed by atoms with E-state index in [0.29, 0.717) is 23.1 Å². The summed E-state index contributed by atoms with van der Waals surface area (Å²) in [5, 5.41) is 12.2. The number of H-pyrrole nitrogens is 1. The summed E-state index contributed by atoms with van der Waals surface area (Å²) < 4.78 is 13.4. The lowest BCUT2D eigenvalue weighted by Gasteiger charge is -2.22. The van der Waals surface area contributed by atoms with Gasteiger partial charge in [0.05, 0.1) is 17.1 Å². The number of likely N-dealkylation sites (tertiary alicyclic amines) is 1. The lowest BCUT2D eigenvalue weighted by molar-refractivity contribution is 0.205. The number of fused-ring (bicyclic) bond motifs is 1. The molecular weight excluding hydrogens is 403 g/mol. The first-order chi connectivity index (χ1) is 14.7. The Hall–Kier alpha value is -3.33. The third-order valence-corrected chi connectivity index (χ3v) is 6.00. The Morgan fingerprint density at radius 2 is 2.13 bits per heavy atom. The van der Waals surface area contributed by atoms with E-state index >= 15 is 0 Å². The number of carbonyl (C=O) groups excluding carboxylic acids is 1. The molecule has 1 saturated heterocycles. The number of rotatable bonds is 4. The molecule has 7 nitrogen and oxygen atoms in total. The molecule has 0 bridgehead atoms. The number of nitrogens with zero attached hydrogens (tertiary/aromatic N) is 4. The first kappa shape index (κ1) is 18.7. The van der Waals surface area contributed by atoms with Crippen molar-refractivity contribution in [1.82, 2.24) is 25.1 Å². The quantitative estimate of drug-likeness (QED) is 0.506. The van der Waals surface area contributed by atoms with Crippen LogP contribution in [0.4, 0.5) is 14.3 Å². The lowest BCUT2D eigenvalue weighted by Crippen LogP contribution is -2.34. The number of urea groups is 1. The number of amides is 2. The number of hydrogen-bond acceptors (Lipinski definition) is 5. The van der Waals surface area contributed by atoms with Crippen LogP contribution in [0.1, 0.15) is 35.3 Å². The summed E-state index contributed by atoms with van der Waals surface area (Å²) in [6, 6.07) is 13.9. The number of para-hydroxylation sites is 2. The molecule has 0 spiro atoms. The third kappa shape index (κ3) is 3.76. The van der Waals surface area contributed by atoms with Gasteiger partial charge in [-0.1, -0.05) is 35.6 Å². The molecule has 1 unspecified atom stereocenters. The molecule has 0 saturated carbocycles. The zero-order chi connectivity index (χ0) is 20.5. The summed E-state index contributed by atoms with van der Waals surface area (Å²) in [6.07, 6.45) is 2.24. The molecule has 3 heterocycles. The fourth-order valence-corrected chi connectivity index (χ4v) is 4.55. The van der Waals surface area contributed by atoms with Gasteiger partial charge in [-0.05, 0) is 42.7 Å². The minimum absolute atomic E-state index is 0.0999. The molecule has 1 fully saturated rings. The molecule has 9 heteroatoms. The highest BCUT2D eigenvalue weighted by molar-refractivity contribution is 7.15. The summed E-state index contributed by atoms with van der Waals surface area (Å²) in [6.45, 7) is 0.655. The number of hydrogen-bond donors (Lipinski definition) is 2. The van der Waals surface area contributed by atoms with Crippen LogP contribution in [-0.2, 0) is 6.42 Å². The number of imidazole rings is 1. The fraction of sp³-hybridized carbons (Fsp3) is 0.238. The summed E-state index contributed by atoms with van der Waals surface area (Å²) in [5.41, 5.74) is 2.67. The second-order valence-electron chi connectivity index (χ2n) is 7.23. The number of carbonyl (C=O) groups is 1. The van der Waals surface area contributed by atoms with Crippen molar-refractivity contribution in [2.24, 2.45) is 0 Å². The van der Waals surface area contributed by atoms with E-state index in [0.717, 1.165) is 35.3 Å². The van der Waals surface area contributed by atoms with Gasteiger partial charge in [0, 0.05) is 13.0 Å². The summed E-state index contributed by atoms with van der Waals surface area (Å²) in [7, 11) is 0. The average molecular weight is 422 g/mol. The number of aromatic nitrogens is 4. The van der Waals surface area contributed by atoms with Crippen molar-refractivity contribution in [1.29, 1.82) is 0 Å². The van der Waals surface area contributed by atoms with E-state index in [1.807, 2.05) is 30.3 Å². The Morgan fingerprint density at radius 1 is 1.23 bits per heavy atom. The van der Waals surface area contributed by atoms with Crippen molar-refractivity contribution in [3.63, 3.8) is 0 Å². The molecule has 5 rings (SSSR count). The molecule has 1 aliphatic rings. The van der Waals surface area contributed by atoms with Crippen LogP contribution in [0.25, 0.3) is 11.0 Å². The Morgan fingerprint density at radius 3 is 3.00 bits per heavy atom. The maximum Gasteiger partial charge on any atom is 0.324 e. The minimum Gasteiger partial charge on any atom is -0.340 e. The second kappa shape index (κ2) is 7.83. The number of halogens is 1. The Kier molecular flexibility index (Phi) is 4.88. The van der Waals surface area contributed by atoms with E-state index in [9.17, 15) is 9.18 Å². The summed E-state index contributed by atoms with van der Waals surface area (Å²) in [5.74, 6) is 0.518. The van der Waals surface area contributed by atoms with Gasteiger partial charge < -0.3 is 9.88 Å². The number of anilines is 1.